The van der Waals surface area contributed by atoms with Crippen molar-refractivity contribution in [2.45, 2.75) is 50.5 Å². The van der Waals surface area contributed by atoms with Gasteiger partial charge < -0.3 is 9.87 Å². The largest absolute Gasteiger partial charge is 0.311 e. The second-order valence-electron chi connectivity index (χ2n) is 5.94. The van der Waals surface area contributed by atoms with Gasteiger partial charge in [-0.15, -0.1) is 0 Å². The first-order chi connectivity index (χ1) is 10.0. The molecule has 5 heteroatoms. The van der Waals surface area contributed by atoms with Gasteiger partial charge in [-0.25, -0.2) is 4.21 Å². The second-order valence-corrected chi connectivity index (χ2v) is 7.91. The van der Waals surface area contributed by atoms with E-state index in [1.54, 1.807) is 0 Å². The highest BCUT2D eigenvalue weighted by atomic mass is 79.9. The smallest absolute Gasteiger partial charge is 0.152 e. The lowest BCUT2D eigenvalue weighted by molar-refractivity contribution is 0.283. The van der Waals surface area contributed by atoms with Crippen LogP contribution in [0.4, 0.5) is 0 Å². The van der Waals surface area contributed by atoms with Gasteiger partial charge >= 0.3 is 0 Å². The summed E-state index contributed by atoms with van der Waals surface area (Å²) in [6.45, 7) is 3.11. The summed E-state index contributed by atoms with van der Waals surface area (Å²) in [5.74, 6) is 0.808. The number of benzene rings is 1. The third-order valence-electron chi connectivity index (χ3n) is 4.67. The third kappa shape index (κ3) is 4.62. The highest BCUT2D eigenvalue weighted by Crippen LogP contribution is 2.41. The molecular formula is C16H24BrNO2S. The molecule has 3 nitrogen and oxygen atoms in total. The Hall–Kier alpha value is -0.230. The average molecular weight is 374 g/mol. The standard InChI is InChI=1S/C16H24BrNO2S/c1-13(14-5-7-15(17)8-6-14)16(9-2-3-10-16)18-11-4-12-21(19)20/h5-8,13,18H,2-4,9-12H2,1H3,(H,19,20). The predicted octanol–water partition coefficient (Wildman–Crippen LogP) is 4.07. The van der Waals surface area contributed by atoms with Gasteiger partial charge in [0.1, 0.15) is 0 Å². The fourth-order valence-electron chi connectivity index (χ4n) is 3.37. The molecule has 0 amide bonds. The normalized spacial score (nSPS) is 20.3. The molecular weight excluding hydrogens is 350 g/mol. The molecule has 2 atom stereocenters. The van der Waals surface area contributed by atoms with E-state index in [0.29, 0.717) is 11.7 Å². The first kappa shape index (κ1) is 17.1. The van der Waals surface area contributed by atoms with Gasteiger partial charge in [-0.05, 0) is 49.4 Å². The highest BCUT2D eigenvalue weighted by Gasteiger charge is 2.38. The van der Waals surface area contributed by atoms with E-state index in [2.05, 4.69) is 52.4 Å². The van der Waals surface area contributed by atoms with E-state index in [4.69, 9.17) is 4.55 Å². The molecule has 0 aromatic heterocycles. The Kier molecular flexibility index (Phi) is 6.41. The zero-order valence-electron chi connectivity index (χ0n) is 12.5. The minimum atomic E-state index is -1.68. The SMILES string of the molecule is CC(c1ccc(Br)cc1)C1(NCCCS(=O)O)CCCC1. The summed E-state index contributed by atoms with van der Waals surface area (Å²) >= 11 is 1.81. The molecule has 1 fully saturated rings. The fraction of sp³-hybridized carbons (Fsp3) is 0.625. The molecule has 1 aliphatic rings. The maximum Gasteiger partial charge on any atom is 0.152 e. The number of hydrogen-bond donors (Lipinski definition) is 2. The fourth-order valence-corrected chi connectivity index (χ4v) is 4.03. The molecule has 0 heterocycles. The van der Waals surface area contributed by atoms with Crippen LogP contribution < -0.4 is 5.32 Å². The van der Waals surface area contributed by atoms with Gasteiger partial charge in [0.15, 0.2) is 11.1 Å². The summed E-state index contributed by atoms with van der Waals surface area (Å²) in [6, 6.07) is 8.59. The van der Waals surface area contributed by atoms with E-state index < -0.39 is 11.1 Å². The minimum Gasteiger partial charge on any atom is -0.311 e. The molecule has 0 spiro atoms. The van der Waals surface area contributed by atoms with Crippen molar-refractivity contribution in [3.63, 3.8) is 0 Å². The summed E-state index contributed by atoms with van der Waals surface area (Å²) in [5.41, 5.74) is 1.50. The Morgan fingerprint density at radius 3 is 2.52 bits per heavy atom. The van der Waals surface area contributed by atoms with Crippen LogP contribution in [0.25, 0.3) is 0 Å². The van der Waals surface area contributed by atoms with Crippen LogP contribution in [0.15, 0.2) is 28.7 Å². The molecule has 1 aromatic rings. The summed E-state index contributed by atoms with van der Waals surface area (Å²) < 4.78 is 20.7. The maximum atomic E-state index is 10.7. The minimum absolute atomic E-state index is 0.144. The van der Waals surface area contributed by atoms with Crippen LogP contribution in [0.5, 0.6) is 0 Å². The van der Waals surface area contributed by atoms with E-state index >= 15 is 0 Å². The molecule has 2 N–H and O–H groups in total. The van der Waals surface area contributed by atoms with Gasteiger partial charge in [-0.2, -0.15) is 0 Å². The number of nitrogens with one attached hydrogen (secondary N) is 1. The van der Waals surface area contributed by atoms with Crippen molar-refractivity contribution in [2.75, 3.05) is 12.3 Å². The van der Waals surface area contributed by atoms with E-state index in [1.165, 1.54) is 31.2 Å². The highest BCUT2D eigenvalue weighted by molar-refractivity contribution is 9.10. The Balaban J connectivity index is 2.02. The molecule has 1 aromatic carbocycles. The molecule has 0 bridgehead atoms. The Labute approximate surface area is 138 Å². The zero-order chi connectivity index (χ0) is 15.3. The zero-order valence-corrected chi connectivity index (χ0v) is 14.9. The Morgan fingerprint density at radius 2 is 1.95 bits per heavy atom. The summed E-state index contributed by atoms with van der Waals surface area (Å²) in [6.07, 6.45) is 5.65. The van der Waals surface area contributed by atoms with Crippen LogP contribution in [0.2, 0.25) is 0 Å². The molecule has 0 radical (unpaired) electrons. The summed E-state index contributed by atoms with van der Waals surface area (Å²) in [4.78, 5) is 0. The summed E-state index contributed by atoms with van der Waals surface area (Å²) in [7, 11) is 0. The second kappa shape index (κ2) is 7.86. The molecule has 1 saturated carbocycles. The van der Waals surface area contributed by atoms with E-state index in [0.717, 1.165) is 17.4 Å². The topological polar surface area (TPSA) is 49.3 Å². The van der Waals surface area contributed by atoms with Crippen LogP contribution in [-0.4, -0.2) is 26.6 Å². The van der Waals surface area contributed by atoms with Gasteiger partial charge in [0.2, 0.25) is 0 Å². The number of hydrogen-bond acceptors (Lipinski definition) is 2. The van der Waals surface area contributed by atoms with Crippen molar-refractivity contribution in [3.05, 3.63) is 34.3 Å². The van der Waals surface area contributed by atoms with Gasteiger partial charge in [0.05, 0.1) is 5.75 Å². The van der Waals surface area contributed by atoms with Crippen LogP contribution >= 0.6 is 15.9 Å². The van der Waals surface area contributed by atoms with Crippen molar-refractivity contribution in [3.8, 4) is 0 Å². The van der Waals surface area contributed by atoms with Crippen molar-refractivity contribution < 1.29 is 8.76 Å². The average Bonchev–Trinajstić information content (AvgIpc) is 2.93. The molecule has 2 unspecified atom stereocenters. The van der Waals surface area contributed by atoms with Crippen LogP contribution in [0, 0.1) is 0 Å². The van der Waals surface area contributed by atoms with Gasteiger partial charge in [-0.1, -0.05) is 47.8 Å². The third-order valence-corrected chi connectivity index (χ3v) is 5.83. The lowest BCUT2D eigenvalue weighted by atomic mass is 9.79. The van der Waals surface area contributed by atoms with Crippen LogP contribution in [-0.2, 0) is 11.1 Å². The molecule has 1 aliphatic carbocycles. The first-order valence-electron chi connectivity index (χ1n) is 7.61. The Bertz CT molecular complexity index is 472. The summed E-state index contributed by atoms with van der Waals surface area (Å²) in [5, 5.41) is 3.71. The monoisotopic (exact) mass is 373 g/mol. The van der Waals surface area contributed by atoms with E-state index in [9.17, 15) is 4.21 Å². The number of rotatable bonds is 7. The molecule has 118 valence electrons. The molecule has 21 heavy (non-hydrogen) atoms. The lowest BCUT2D eigenvalue weighted by Crippen LogP contribution is -2.47. The van der Waals surface area contributed by atoms with Crippen molar-refractivity contribution in [1.82, 2.24) is 5.32 Å². The van der Waals surface area contributed by atoms with Gasteiger partial charge in [0.25, 0.3) is 0 Å². The van der Waals surface area contributed by atoms with Crippen molar-refractivity contribution >= 4 is 27.0 Å². The maximum absolute atomic E-state index is 10.7. The van der Waals surface area contributed by atoms with E-state index in [-0.39, 0.29) is 5.54 Å². The van der Waals surface area contributed by atoms with Crippen LogP contribution in [0.1, 0.15) is 50.5 Å². The predicted molar refractivity (Wildman–Crippen MR) is 92.0 cm³/mol. The molecule has 0 aliphatic heterocycles. The van der Waals surface area contributed by atoms with Crippen molar-refractivity contribution in [1.29, 1.82) is 0 Å². The van der Waals surface area contributed by atoms with Crippen molar-refractivity contribution in [2.24, 2.45) is 0 Å². The molecule has 2 rings (SSSR count). The molecule has 0 saturated heterocycles. The lowest BCUT2D eigenvalue weighted by Gasteiger charge is -2.37. The Morgan fingerprint density at radius 1 is 1.33 bits per heavy atom. The van der Waals surface area contributed by atoms with Crippen LogP contribution in [0.3, 0.4) is 0 Å². The first-order valence-corrected chi connectivity index (χ1v) is 9.68. The quantitative estimate of drug-likeness (QED) is 0.559. The van der Waals surface area contributed by atoms with Gasteiger partial charge in [0, 0.05) is 10.0 Å². The van der Waals surface area contributed by atoms with E-state index in [1.807, 2.05) is 0 Å². The number of halogens is 1. The van der Waals surface area contributed by atoms with Gasteiger partial charge in [-0.3, -0.25) is 0 Å².